The van der Waals surface area contributed by atoms with Gasteiger partial charge in [0, 0.05) is 12.4 Å². The zero-order valence-corrected chi connectivity index (χ0v) is 8.20. The van der Waals surface area contributed by atoms with Crippen molar-refractivity contribution < 1.29 is 0 Å². The van der Waals surface area contributed by atoms with Gasteiger partial charge in [0.25, 0.3) is 0 Å². The first-order chi connectivity index (χ1) is 7.36. The average molecular weight is 195 g/mol. The zero-order chi connectivity index (χ0) is 10.7. The van der Waals surface area contributed by atoms with E-state index < -0.39 is 0 Å². The van der Waals surface area contributed by atoms with Crippen molar-refractivity contribution in [1.29, 1.82) is 10.8 Å². The van der Waals surface area contributed by atoms with Crippen LogP contribution in [0.25, 0.3) is 10.8 Å². The predicted octanol–water partition coefficient (Wildman–Crippen LogP) is 3.06. The van der Waals surface area contributed by atoms with Gasteiger partial charge in [0.2, 0.25) is 0 Å². The molecule has 15 heavy (non-hydrogen) atoms. The van der Waals surface area contributed by atoms with E-state index in [4.69, 9.17) is 10.8 Å². The van der Waals surface area contributed by atoms with Crippen LogP contribution in [0, 0.1) is 16.7 Å². The minimum absolute atomic E-state index is 0.631. The van der Waals surface area contributed by atoms with Crippen LogP contribution < -0.4 is 0 Å². The molecule has 0 heterocycles. The van der Waals surface area contributed by atoms with Gasteiger partial charge >= 0.3 is 0 Å². The highest BCUT2D eigenvalue weighted by atomic mass is 14.4. The van der Waals surface area contributed by atoms with Gasteiger partial charge < -0.3 is 10.8 Å². The summed E-state index contributed by atoms with van der Waals surface area (Å²) in [5.41, 5.74) is 0.943. The van der Waals surface area contributed by atoms with E-state index in [0.717, 1.165) is 16.3 Å². The second kappa shape index (κ2) is 4.05. The Morgan fingerprint density at radius 2 is 1.53 bits per heavy atom. The summed E-state index contributed by atoms with van der Waals surface area (Å²) >= 11 is 0. The van der Waals surface area contributed by atoms with Gasteiger partial charge in [0.05, 0.1) is 5.92 Å². The summed E-state index contributed by atoms with van der Waals surface area (Å²) < 4.78 is 0. The van der Waals surface area contributed by atoms with Crippen molar-refractivity contribution in [3.05, 3.63) is 53.9 Å². The fourth-order valence-corrected chi connectivity index (χ4v) is 1.67. The van der Waals surface area contributed by atoms with E-state index in [-0.39, 0.29) is 0 Å². The van der Waals surface area contributed by atoms with Gasteiger partial charge in [0.15, 0.2) is 0 Å². The SMILES string of the molecule is N=C[C](C=N)c1cccc2ccccc12. The van der Waals surface area contributed by atoms with Crippen LogP contribution in [-0.4, -0.2) is 12.4 Å². The van der Waals surface area contributed by atoms with Gasteiger partial charge in [-0.2, -0.15) is 0 Å². The largest absolute Gasteiger partial charge is 0.312 e. The Bertz CT molecular complexity index is 489. The molecule has 2 aromatic carbocycles. The highest BCUT2D eigenvalue weighted by molar-refractivity contribution is 6.07. The van der Waals surface area contributed by atoms with E-state index in [1.54, 1.807) is 0 Å². The molecule has 2 nitrogen and oxygen atoms in total. The number of hydrogen-bond donors (Lipinski definition) is 2. The highest BCUT2D eigenvalue weighted by Crippen LogP contribution is 2.22. The fourth-order valence-electron chi connectivity index (χ4n) is 1.67. The highest BCUT2D eigenvalue weighted by Gasteiger charge is 2.08. The molecule has 2 rings (SSSR count). The van der Waals surface area contributed by atoms with Crippen molar-refractivity contribution in [3.8, 4) is 0 Å². The third kappa shape index (κ3) is 1.66. The number of rotatable bonds is 3. The van der Waals surface area contributed by atoms with Crippen LogP contribution in [-0.2, 0) is 0 Å². The number of hydrogen-bond acceptors (Lipinski definition) is 2. The molecule has 2 aromatic rings. The van der Waals surface area contributed by atoms with Crippen molar-refractivity contribution in [2.75, 3.05) is 0 Å². The van der Waals surface area contributed by atoms with E-state index in [2.05, 4.69) is 0 Å². The number of nitrogens with one attached hydrogen (secondary N) is 2. The molecule has 0 fully saturated rings. The van der Waals surface area contributed by atoms with Crippen LogP contribution in [0.3, 0.4) is 0 Å². The standard InChI is InChI=1S/C13H11N2/c14-8-11(9-15)13-7-3-5-10-4-1-2-6-12(10)13/h1-9,14-15H. The van der Waals surface area contributed by atoms with Gasteiger partial charge in [-0.15, -0.1) is 0 Å². The maximum Gasteiger partial charge on any atom is 0.0845 e. The Hall–Kier alpha value is -1.96. The van der Waals surface area contributed by atoms with Crippen molar-refractivity contribution in [3.63, 3.8) is 0 Å². The number of benzene rings is 2. The topological polar surface area (TPSA) is 47.7 Å². The lowest BCUT2D eigenvalue weighted by Crippen LogP contribution is -2.02. The third-order valence-corrected chi connectivity index (χ3v) is 2.41. The maximum atomic E-state index is 7.26. The Balaban J connectivity index is 2.69. The normalized spacial score (nSPS) is 10.5. The quantitative estimate of drug-likeness (QED) is 0.707. The summed E-state index contributed by atoms with van der Waals surface area (Å²) in [5.74, 6) is 0.631. The molecule has 0 spiro atoms. The van der Waals surface area contributed by atoms with Gasteiger partial charge in [0.1, 0.15) is 0 Å². The van der Waals surface area contributed by atoms with E-state index >= 15 is 0 Å². The third-order valence-electron chi connectivity index (χ3n) is 2.41. The Morgan fingerprint density at radius 3 is 2.27 bits per heavy atom. The van der Waals surface area contributed by atoms with E-state index in [9.17, 15) is 0 Å². The van der Waals surface area contributed by atoms with Crippen LogP contribution in [0.4, 0.5) is 0 Å². The predicted molar refractivity (Wildman–Crippen MR) is 63.9 cm³/mol. The van der Waals surface area contributed by atoms with E-state index in [1.807, 2.05) is 42.5 Å². The molecule has 0 bridgehead atoms. The average Bonchev–Trinajstić information content (AvgIpc) is 2.31. The second-order valence-electron chi connectivity index (χ2n) is 3.27. The molecular weight excluding hydrogens is 184 g/mol. The summed E-state index contributed by atoms with van der Waals surface area (Å²) in [4.78, 5) is 0. The van der Waals surface area contributed by atoms with Crippen molar-refractivity contribution >= 4 is 23.2 Å². The van der Waals surface area contributed by atoms with Crippen molar-refractivity contribution in [2.24, 2.45) is 0 Å². The van der Waals surface area contributed by atoms with Gasteiger partial charge in [-0.3, -0.25) is 0 Å². The van der Waals surface area contributed by atoms with Crippen LogP contribution in [0.5, 0.6) is 0 Å². The molecule has 0 unspecified atom stereocenters. The number of fused-ring (bicyclic) bond motifs is 1. The van der Waals surface area contributed by atoms with Gasteiger partial charge in [-0.25, -0.2) is 0 Å². The summed E-state index contributed by atoms with van der Waals surface area (Å²) in [5, 5.41) is 16.7. The molecule has 0 aliphatic heterocycles. The Labute approximate surface area is 88.6 Å². The lowest BCUT2D eigenvalue weighted by atomic mass is 9.95. The summed E-state index contributed by atoms with van der Waals surface area (Å²) in [7, 11) is 0. The lowest BCUT2D eigenvalue weighted by Gasteiger charge is -2.08. The molecule has 2 heteroatoms. The van der Waals surface area contributed by atoms with Gasteiger partial charge in [-0.05, 0) is 16.3 Å². The first-order valence-corrected chi connectivity index (χ1v) is 4.73. The minimum atomic E-state index is 0.631. The Kier molecular flexibility index (Phi) is 2.59. The zero-order valence-electron chi connectivity index (χ0n) is 8.20. The first-order valence-electron chi connectivity index (χ1n) is 4.73. The molecule has 2 N–H and O–H groups in total. The summed E-state index contributed by atoms with van der Waals surface area (Å²) in [6.45, 7) is 0. The molecule has 1 radical (unpaired) electrons. The van der Waals surface area contributed by atoms with E-state index in [0.29, 0.717) is 5.92 Å². The fraction of sp³-hybridized carbons (Fsp3) is 0. The molecule has 0 saturated carbocycles. The summed E-state index contributed by atoms with van der Waals surface area (Å²) in [6, 6.07) is 13.9. The molecule has 0 saturated heterocycles. The van der Waals surface area contributed by atoms with Crippen LogP contribution >= 0.6 is 0 Å². The van der Waals surface area contributed by atoms with Crippen LogP contribution in [0.15, 0.2) is 42.5 Å². The molecule has 0 aliphatic carbocycles. The molecule has 0 atom stereocenters. The molecule has 73 valence electrons. The maximum absolute atomic E-state index is 7.26. The van der Waals surface area contributed by atoms with Crippen molar-refractivity contribution in [1.82, 2.24) is 0 Å². The molecule has 0 aromatic heterocycles. The second-order valence-corrected chi connectivity index (χ2v) is 3.27. The molecule has 0 amide bonds. The van der Waals surface area contributed by atoms with Crippen LogP contribution in [0.1, 0.15) is 5.56 Å². The van der Waals surface area contributed by atoms with Crippen molar-refractivity contribution in [2.45, 2.75) is 0 Å². The first kappa shape index (κ1) is 9.59. The van der Waals surface area contributed by atoms with E-state index in [1.165, 1.54) is 12.4 Å². The summed E-state index contributed by atoms with van der Waals surface area (Å²) in [6.07, 6.45) is 2.43. The Morgan fingerprint density at radius 1 is 0.867 bits per heavy atom. The molecular formula is C13H11N2. The smallest absolute Gasteiger partial charge is 0.0845 e. The lowest BCUT2D eigenvalue weighted by molar-refractivity contribution is 1.44. The minimum Gasteiger partial charge on any atom is -0.312 e. The van der Waals surface area contributed by atoms with Crippen LogP contribution in [0.2, 0.25) is 0 Å². The van der Waals surface area contributed by atoms with Gasteiger partial charge in [-0.1, -0.05) is 42.5 Å². The molecule has 0 aliphatic rings. The monoisotopic (exact) mass is 195 g/mol.